The summed E-state index contributed by atoms with van der Waals surface area (Å²) in [5.74, 6) is -0.664. The van der Waals surface area contributed by atoms with Crippen LogP contribution in [0.1, 0.15) is 25.5 Å². The Morgan fingerprint density at radius 2 is 2.15 bits per heavy atom. The van der Waals surface area contributed by atoms with Crippen LogP contribution in [0.4, 0.5) is 4.39 Å². The molecule has 0 spiro atoms. The van der Waals surface area contributed by atoms with Crippen LogP contribution in [0, 0.1) is 5.82 Å². The number of benzene rings is 1. The quantitative estimate of drug-likeness (QED) is 0.795. The number of ether oxygens (including phenoxy) is 2. The minimum absolute atomic E-state index is 0.139. The Balaban J connectivity index is 2.61. The minimum atomic E-state index is -0.805. The van der Waals surface area contributed by atoms with Gasteiger partial charge >= 0.3 is 0 Å². The molecular weight excluding hydrogens is 265 g/mol. The van der Waals surface area contributed by atoms with Gasteiger partial charge in [0.1, 0.15) is 11.6 Å². The number of carbonyl (C=O) groups is 1. The van der Waals surface area contributed by atoms with Crippen LogP contribution in [0.2, 0.25) is 0 Å². The standard InChI is InChI=1S/C14H20FNO4/c1-9(7-19-3)16-14(18)8-20-13-6-11(15)4-5-12(13)10(2)17/h4-6,9-10,17H,7-8H2,1-3H3,(H,16,18)/t9?,10-/m1/s1. The van der Waals surface area contributed by atoms with Gasteiger partial charge < -0.3 is 19.9 Å². The van der Waals surface area contributed by atoms with Gasteiger partial charge in [-0.25, -0.2) is 4.39 Å². The van der Waals surface area contributed by atoms with E-state index in [0.29, 0.717) is 12.2 Å². The normalized spacial score (nSPS) is 13.7. The Labute approximate surface area is 117 Å². The van der Waals surface area contributed by atoms with E-state index < -0.39 is 11.9 Å². The van der Waals surface area contributed by atoms with Crippen LogP contribution in [0.5, 0.6) is 5.75 Å². The van der Waals surface area contributed by atoms with Crippen molar-refractivity contribution >= 4 is 5.91 Å². The Hall–Kier alpha value is -1.66. The van der Waals surface area contributed by atoms with Crippen LogP contribution < -0.4 is 10.1 Å². The Bertz CT molecular complexity index is 451. The van der Waals surface area contributed by atoms with Crippen LogP contribution in [0.3, 0.4) is 0 Å². The van der Waals surface area contributed by atoms with Crippen molar-refractivity contribution in [2.45, 2.75) is 26.0 Å². The highest BCUT2D eigenvalue weighted by molar-refractivity contribution is 5.77. The predicted octanol–water partition coefficient (Wildman–Crippen LogP) is 1.41. The molecule has 1 amide bonds. The topological polar surface area (TPSA) is 67.8 Å². The highest BCUT2D eigenvalue weighted by Gasteiger charge is 2.13. The molecule has 1 rings (SSSR count). The maximum atomic E-state index is 13.2. The van der Waals surface area contributed by atoms with E-state index in [2.05, 4.69) is 5.32 Å². The second-order valence-corrected chi connectivity index (χ2v) is 4.57. The number of aliphatic hydroxyl groups excluding tert-OH is 1. The van der Waals surface area contributed by atoms with Crippen LogP contribution in [-0.2, 0) is 9.53 Å². The lowest BCUT2D eigenvalue weighted by Crippen LogP contribution is -2.38. The maximum Gasteiger partial charge on any atom is 0.258 e. The molecule has 2 atom stereocenters. The molecule has 0 bridgehead atoms. The monoisotopic (exact) mass is 285 g/mol. The highest BCUT2D eigenvalue weighted by Crippen LogP contribution is 2.25. The van der Waals surface area contributed by atoms with E-state index in [1.165, 1.54) is 12.1 Å². The molecule has 0 saturated carbocycles. The van der Waals surface area contributed by atoms with Gasteiger partial charge in [0.2, 0.25) is 0 Å². The number of hydrogen-bond acceptors (Lipinski definition) is 4. The van der Waals surface area contributed by atoms with Crippen LogP contribution in [0.15, 0.2) is 18.2 Å². The first-order valence-corrected chi connectivity index (χ1v) is 6.32. The molecule has 1 unspecified atom stereocenters. The number of rotatable bonds is 7. The van der Waals surface area contributed by atoms with Crippen molar-refractivity contribution in [3.8, 4) is 5.75 Å². The summed E-state index contributed by atoms with van der Waals surface area (Å²) in [5, 5.41) is 12.2. The fraction of sp³-hybridized carbons (Fsp3) is 0.500. The van der Waals surface area contributed by atoms with Gasteiger partial charge in [-0.1, -0.05) is 0 Å². The molecule has 2 N–H and O–H groups in total. The van der Waals surface area contributed by atoms with Gasteiger partial charge in [0.05, 0.1) is 12.7 Å². The van der Waals surface area contributed by atoms with Crippen molar-refractivity contribution in [3.63, 3.8) is 0 Å². The number of halogens is 1. The largest absolute Gasteiger partial charge is 0.483 e. The SMILES string of the molecule is COCC(C)NC(=O)COc1cc(F)ccc1[C@@H](C)O. The second-order valence-electron chi connectivity index (χ2n) is 4.57. The molecule has 1 aromatic carbocycles. The molecule has 0 heterocycles. The Morgan fingerprint density at radius 1 is 1.45 bits per heavy atom. The first-order valence-electron chi connectivity index (χ1n) is 6.32. The van der Waals surface area contributed by atoms with Gasteiger partial charge in [0.25, 0.3) is 5.91 Å². The van der Waals surface area contributed by atoms with E-state index in [4.69, 9.17) is 9.47 Å². The van der Waals surface area contributed by atoms with Crippen molar-refractivity contribution in [1.82, 2.24) is 5.32 Å². The molecule has 112 valence electrons. The lowest BCUT2D eigenvalue weighted by atomic mass is 10.1. The van der Waals surface area contributed by atoms with E-state index >= 15 is 0 Å². The smallest absolute Gasteiger partial charge is 0.258 e. The Morgan fingerprint density at radius 3 is 2.75 bits per heavy atom. The number of aliphatic hydroxyl groups is 1. The van der Waals surface area contributed by atoms with E-state index in [1.807, 2.05) is 0 Å². The van der Waals surface area contributed by atoms with Gasteiger partial charge in [-0.2, -0.15) is 0 Å². The summed E-state index contributed by atoms with van der Waals surface area (Å²) in [7, 11) is 1.54. The molecule has 0 fully saturated rings. The number of carbonyl (C=O) groups excluding carboxylic acids is 1. The zero-order valence-electron chi connectivity index (χ0n) is 11.9. The molecular formula is C14H20FNO4. The number of nitrogens with one attached hydrogen (secondary N) is 1. The lowest BCUT2D eigenvalue weighted by molar-refractivity contribution is -0.124. The molecule has 0 radical (unpaired) electrons. The third-order valence-electron chi connectivity index (χ3n) is 2.61. The number of hydrogen-bond donors (Lipinski definition) is 2. The van der Waals surface area contributed by atoms with Gasteiger partial charge in [-0.3, -0.25) is 4.79 Å². The lowest BCUT2D eigenvalue weighted by Gasteiger charge is -2.15. The first kappa shape index (κ1) is 16.4. The van der Waals surface area contributed by atoms with Crippen molar-refractivity contribution in [3.05, 3.63) is 29.6 Å². The van der Waals surface area contributed by atoms with Crippen LogP contribution >= 0.6 is 0 Å². The molecule has 0 saturated heterocycles. The summed E-state index contributed by atoms with van der Waals surface area (Å²) in [6.07, 6.45) is -0.805. The first-order chi connectivity index (χ1) is 9.43. The van der Waals surface area contributed by atoms with E-state index in [-0.39, 0.29) is 24.3 Å². The molecule has 0 aliphatic rings. The van der Waals surface area contributed by atoms with Gasteiger partial charge in [0, 0.05) is 24.8 Å². The zero-order chi connectivity index (χ0) is 15.1. The predicted molar refractivity (Wildman–Crippen MR) is 72.0 cm³/mol. The third-order valence-corrected chi connectivity index (χ3v) is 2.61. The fourth-order valence-corrected chi connectivity index (χ4v) is 1.73. The minimum Gasteiger partial charge on any atom is -0.483 e. The summed E-state index contributed by atoms with van der Waals surface area (Å²) in [4.78, 5) is 11.6. The van der Waals surface area contributed by atoms with Crippen LogP contribution in [-0.4, -0.2) is 37.4 Å². The molecule has 0 aliphatic heterocycles. The summed E-state index contributed by atoms with van der Waals surface area (Å²) in [6.45, 7) is 3.48. The molecule has 0 aliphatic carbocycles. The second kappa shape index (κ2) is 7.81. The molecule has 1 aromatic rings. The molecule has 5 nitrogen and oxygen atoms in total. The van der Waals surface area contributed by atoms with E-state index in [9.17, 15) is 14.3 Å². The highest BCUT2D eigenvalue weighted by atomic mass is 19.1. The average Bonchev–Trinajstić information content (AvgIpc) is 2.36. The van der Waals surface area contributed by atoms with Crippen molar-refractivity contribution in [2.24, 2.45) is 0 Å². The van der Waals surface area contributed by atoms with Gasteiger partial charge in [-0.15, -0.1) is 0 Å². The summed E-state index contributed by atoms with van der Waals surface area (Å²) >= 11 is 0. The third kappa shape index (κ3) is 5.14. The molecule has 20 heavy (non-hydrogen) atoms. The van der Waals surface area contributed by atoms with E-state index in [1.54, 1.807) is 21.0 Å². The van der Waals surface area contributed by atoms with Crippen molar-refractivity contribution < 1.29 is 23.8 Å². The van der Waals surface area contributed by atoms with E-state index in [0.717, 1.165) is 6.07 Å². The molecule has 6 heteroatoms. The number of amides is 1. The summed E-state index contributed by atoms with van der Waals surface area (Å²) < 4.78 is 23.3. The number of methoxy groups -OCH3 is 1. The summed E-state index contributed by atoms with van der Waals surface area (Å²) in [5.41, 5.74) is 0.434. The van der Waals surface area contributed by atoms with Gasteiger partial charge in [-0.05, 0) is 26.0 Å². The molecule has 0 aromatic heterocycles. The zero-order valence-corrected chi connectivity index (χ0v) is 11.9. The van der Waals surface area contributed by atoms with Crippen molar-refractivity contribution in [1.29, 1.82) is 0 Å². The maximum absolute atomic E-state index is 13.2. The average molecular weight is 285 g/mol. The van der Waals surface area contributed by atoms with Gasteiger partial charge in [0.15, 0.2) is 6.61 Å². The van der Waals surface area contributed by atoms with Crippen LogP contribution in [0.25, 0.3) is 0 Å². The van der Waals surface area contributed by atoms with Crippen molar-refractivity contribution in [2.75, 3.05) is 20.3 Å². The fourth-order valence-electron chi connectivity index (χ4n) is 1.73. The Kier molecular flexibility index (Phi) is 6.41. The summed E-state index contributed by atoms with van der Waals surface area (Å²) in [6, 6.07) is 3.67.